The molecule has 2 saturated heterocycles. The van der Waals surface area contributed by atoms with Crippen molar-refractivity contribution in [1.82, 2.24) is 4.90 Å². The Hall–Kier alpha value is -3.28. The van der Waals surface area contributed by atoms with E-state index < -0.39 is 59.9 Å². The lowest BCUT2D eigenvalue weighted by molar-refractivity contribution is -0.253. The van der Waals surface area contributed by atoms with Crippen LogP contribution in [0.2, 0.25) is 0 Å². The van der Waals surface area contributed by atoms with Gasteiger partial charge in [0.25, 0.3) is 0 Å². The highest BCUT2D eigenvalue weighted by Crippen LogP contribution is 2.45. The lowest BCUT2D eigenvalue weighted by atomic mass is 9.90. The maximum Gasteiger partial charge on any atom is 0.461 e. The van der Waals surface area contributed by atoms with Gasteiger partial charge in [-0.1, -0.05) is 6.07 Å². The van der Waals surface area contributed by atoms with E-state index in [0.717, 1.165) is 23.1 Å². The number of epoxide rings is 1. The second kappa shape index (κ2) is 8.49. The van der Waals surface area contributed by atoms with E-state index in [1.807, 2.05) is 0 Å². The molecule has 6 nitrogen and oxygen atoms in total. The van der Waals surface area contributed by atoms with Crippen molar-refractivity contribution in [2.24, 2.45) is 0 Å². The zero-order valence-corrected chi connectivity index (χ0v) is 17.6. The number of piperazine rings is 1. The van der Waals surface area contributed by atoms with Crippen LogP contribution < -0.4 is 9.64 Å². The largest absolute Gasteiger partial charge is 0.461 e. The minimum atomic E-state index is -4.68. The summed E-state index contributed by atoms with van der Waals surface area (Å²) in [6, 6.07) is 6.58. The van der Waals surface area contributed by atoms with Crippen LogP contribution in [0.15, 0.2) is 42.5 Å². The second-order valence-corrected chi connectivity index (χ2v) is 7.94. The van der Waals surface area contributed by atoms with Gasteiger partial charge in [0, 0.05) is 17.3 Å². The molecule has 12 heteroatoms. The zero-order valence-electron chi connectivity index (χ0n) is 17.6. The number of carbonyl (C=O) groups is 2. The van der Waals surface area contributed by atoms with Crippen molar-refractivity contribution in [3.8, 4) is 5.75 Å². The molecule has 0 unspecified atom stereocenters. The number of ether oxygens (including phenoxy) is 2. The van der Waals surface area contributed by atoms with Gasteiger partial charge < -0.3 is 19.3 Å². The Bertz CT molecular complexity index is 1110. The van der Waals surface area contributed by atoms with E-state index in [1.54, 1.807) is 6.92 Å². The highest BCUT2D eigenvalue weighted by atomic mass is 19.3. The fraction of sp³-hybridized carbons (Fsp3) is 0.364. The normalized spacial score (nSPS) is 21.8. The van der Waals surface area contributed by atoms with Gasteiger partial charge in [-0.2, -0.15) is 17.6 Å². The Kier molecular flexibility index (Phi) is 5.96. The molecule has 2 aromatic carbocycles. The molecule has 0 aliphatic carbocycles. The molecule has 0 aromatic heterocycles. The number of amides is 2. The van der Waals surface area contributed by atoms with Crippen LogP contribution in [0.3, 0.4) is 0 Å². The number of alkyl halides is 4. The molecule has 2 aliphatic rings. The topological polar surface area (TPSA) is 62.4 Å². The molecule has 2 aliphatic heterocycles. The van der Waals surface area contributed by atoms with Crippen LogP contribution >= 0.6 is 0 Å². The molecular formula is C22H18F6N2O4. The van der Waals surface area contributed by atoms with Crippen molar-refractivity contribution in [2.75, 3.05) is 24.6 Å². The van der Waals surface area contributed by atoms with E-state index in [0.29, 0.717) is 6.07 Å². The number of carbonyl (C=O) groups excluding carboxylic acids is 2. The van der Waals surface area contributed by atoms with E-state index >= 15 is 0 Å². The highest BCUT2D eigenvalue weighted by molar-refractivity contribution is 6.04. The predicted molar refractivity (Wildman–Crippen MR) is 106 cm³/mol. The summed E-state index contributed by atoms with van der Waals surface area (Å²) in [6.07, 6.45) is -8.71. The van der Waals surface area contributed by atoms with E-state index in [2.05, 4.69) is 4.74 Å². The molecule has 0 spiro atoms. The lowest BCUT2D eigenvalue weighted by Gasteiger charge is -2.39. The molecular weight excluding hydrogens is 470 g/mol. The third-order valence-electron chi connectivity index (χ3n) is 5.86. The maximum absolute atomic E-state index is 14.4. The van der Waals surface area contributed by atoms with E-state index in [1.165, 1.54) is 23.1 Å². The summed E-state index contributed by atoms with van der Waals surface area (Å²) in [5, 5.41) is 0. The molecule has 0 radical (unpaired) electrons. The van der Waals surface area contributed by atoms with Gasteiger partial charge in [0.2, 0.25) is 11.8 Å². The molecule has 0 N–H and O–H groups in total. The molecule has 2 atom stereocenters. The Morgan fingerprint density at radius 3 is 2.24 bits per heavy atom. The summed E-state index contributed by atoms with van der Waals surface area (Å²) < 4.78 is 87.8. The van der Waals surface area contributed by atoms with E-state index in [9.17, 15) is 35.9 Å². The van der Waals surface area contributed by atoms with Crippen LogP contribution in [0.25, 0.3) is 0 Å². The average molecular weight is 488 g/mol. The Labute approximate surface area is 189 Å². The predicted octanol–water partition coefficient (Wildman–Crippen LogP) is 3.69. The zero-order chi connectivity index (χ0) is 24.8. The summed E-state index contributed by atoms with van der Waals surface area (Å²) >= 11 is 0. The van der Waals surface area contributed by atoms with Crippen molar-refractivity contribution in [1.29, 1.82) is 0 Å². The summed E-state index contributed by atoms with van der Waals surface area (Å²) in [5.74, 6) is -3.16. The van der Waals surface area contributed by atoms with Crippen molar-refractivity contribution in [2.45, 2.75) is 31.1 Å². The molecule has 34 heavy (non-hydrogen) atoms. The van der Waals surface area contributed by atoms with Gasteiger partial charge >= 0.3 is 12.5 Å². The van der Waals surface area contributed by atoms with Gasteiger partial charge in [-0.05, 0) is 37.3 Å². The summed E-state index contributed by atoms with van der Waals surface area (Å²) in [5.41, 5.74) is -0.981. The number of nitrogens with zero attached hydrogens (tertiary/aromatic N) is 2. The standard InChI is InChI=1S/C22H18F6N2O4/c1-12(21(11-33-21)16-7-2-13(23)8-17(16)24)29-9-19(32)30(10-18(29)31)14-3-5-15(6-4-14)34-22(27,28)20(25)26/h2-8,12,20H,9-11H2,1H3/t12-,21-/m1/s1. The van der Waals surface area contributed by atoms with Crippen molar-refractivity contribution < 1.29 is 45.4 Å². The van der Waals surface area contributed by atoms with Gasteiger partial charge in [-0.15, -0.1) is 0 Å². The maximum atomic E-state index is 14.4. The minimum Gasteiger partial charge on any atom is -0.428 e. The van der Waals surface area contributed by atoms with Crippen LogP contribution in [-0.4, -0.2) is 55.0 Å². The molecule has 0 saturated carbocycles. The lowest BCUT2D eigenvalue weighted by Crippen LogP contribution is -2.59. The third kappa shape index (κ3) is 4.29. The highest BCUT2D eigenvalue weighted by Gasteiger charge is 2.56. The number of rotatable bonds is 7. The van der Waals surface area contributed by atoms with Gasteiger partial charge in [-0.3, -0.25) is 9.59 Å². The number of hydrogen-bond donors (Lipinski definition) is 0. The van der Waals surface area contributed by atoms with Gasteiger partial charge in [-0.25, -0.2) is 8.78 Å². The first kappa shape index (κ1) is 23.9. The van der Waals surface area contributed by atoms with Crippen LogP contribution in [0.4, 0.5) is 32.0 Å². The van der Waals surface area contributed by atoms with Crippen molar-refractivity contribution >= 4 is 17.5 Å². The number of benzene rings is 2. The van der Waals surface area contributed by atoms with Gasteiger partial charge in [0.1, 0.15) is 36.1 Å². The SMILES string of the molecule is C[C@@H](N1CC(=O)N(c2ccc(OC(F)(F)C(F)F)cc2)CC1=O)[C@@]1(c2ccc(F)cc2F)CO1. The summed E-state index contributed by atoms with van der Waals surface area (Å²) in [4.78, 5) is 28.0. The van der Waals surface area contributed by atoms with E-state index in [-0.39, 0.29) is 24.4 Å². The summed E-state index contributed by atoms with van der Waals surface area (Å²) in [7, 11) is 0. The first-order valence-corrected chi connectivity index (χ1v) is 10.1. The average Bonchev–Trinajstić information content (AvgIpc) is 3.56. The number of anilines is 1. The first-order valence-electron chi connectivity index (χ1n) is 10.1. The molecule has 0 bridgehead atoms. The van der Waals surface area contributed by atoms with Gasteiger partial charge in [0.05, 0.1) is 12.6 Å². The molecule has 2 heterocycles. The van der Waals surface area contributed by atoms with E-state index in [4.69, 9.17) is 4.74 Å². The molecule has 2 amide bonds. The fourth-order valence-electron chi connectivity index (χ4n) is 3.90. The molecule has 182 valence electrons. The molecule has 2 aromatic rings. The monoisotopic (exact) mass is 488 g/mol. The Balaban J connectivity index is 1.48. The number of hydrogen-bond acceptors (Lipinski definition) is 4. The number of halogens is 6. The van der Waals surface area contributed by atoms with Crippen LogP contribution in [0, 0.1) is 11.6 Å². The summed E-state index contributed by atoms with van der Waals surface area (Å²) in [6.45, 7) is 0.878. The first-order chi connectivity index (χ1) is 15.9. The quantitative estimate of drug-likeness (QED) is 0.441. The van der Waals surface area contributed by atoms with Crippen LogP contribution in [-0.2, 0) is 19.9 Å². The second-order valence-electron chi connectivity index (χ2n) is 7.94. The van der Waals surface area contributed by atoms with Crippen molar-refractivity contribution in [3.05, 3.63) is 59.7 Å². The smallest absolute Gasteiger partial charge is 0.428 e. The van der Waals surface area contributed by atoms with Crippen LogP contribution in [0.5, 0.6) is 5.75 Å². The molecule has 2 fully saturated rings. The fourth-order valence-corrected chi connectivity index (χ4v) is 3.90. The minimum absolute atomic E-state index is 0.0697. The molecule has 4 rings (SSSR count). The van der Waals surface area contributed by atoms with Crippen molar-refractivity contribution in [3.63, 3.8) is 0 Å². The Morgan fingerprint density at radius 2 is 1.68 bits per heavy atom. The Morgan fingerprint density at radius 1 is 1.03 bits per heavy atom. The third-order valence-corrected chi connectivity index (χ3v) is 5.86. The van der Waals surface area contributed by atoms with Crippen LogP contribution in [0.1, 0.15) is 12.5 Å². The van der Waals surface area contributed by atoms with Gasteiger partial charge in [0.15, 0.2) is 0 Å².